The Balaban J connectivity index is 1.21. The predicted octanol–water partition coefficient (Wildman–Crippen LogP) is 0.549. The van der Waals surface area contributed by atoms with Gasteiger partial charge in [0.2, 0.25) is 0 Å². The SMILES string of the molecule is COC(=O)C(O)CN1CC2CCC(C3NC(C4CCN(C(=O)OC(C)(C)C)CC4)NO3)CC2N1. The zero-order valence-electron chi connectivity index (χ0n) is 20.8. The lowest BCUT2D eigenvalue weighted by Crippen LogP contribution is -2.49. The van der Waals surface area contributed by atoms with Crippen LogP contribution in [0.1, 0.15) is 52.9 Å². The quantitative estimate of drug-likeness (QED) is 0.412. The Morgan fingerprint density at radius 3 is 2.50 bits per heavy atom. The molecule has 11 heteroatoms. The third-order valence-electron chi connectivity index (χ3n) is 7.46. The normalized spacial score (nSPS) is 34.0. The molecule has 4 N–H and O–H groups in total. The van der Waals surface area contributed by atoms with Gasteiger partial charge in [-0.05, 0) is 64.7 Å². The van der Waals surface area contributed by atoms with E-state index in [0.29, 0.717) is 36.9 Å². The van der Waals surface area contributed by atoms with Gasteiger partial charge in [0, 0.05) is 31.6 Å². The van der Waals surface area contributed by atoms with Gasteiger partial charge in [0.05, 0.1) is 19.8 Å². The van der Waals surface area contributed by atoms with Gasteiger partial charge in [-0.2, -0.15) is 5.48 Å². The number of nitrogens with zero attached hydrogens (tertiary/aromatic N) is 2. The molecule has 3 saturated heterocycles. The maximum absolute atomic E-state index is 12.3. The van der Waals surface area contributed by atoms with Crippen molar-refractivity contribution in [1.82, 2.24) is 26.1 Å². The van der Waals surface area contributed by atoms with Crippen LogP contribution in [0.25, 0.3) is 0 Å². The molecule has 11 nitrogen and oxygen atoms in total. The van der Waals surface area contributed by atoms with Crippen LogP contribution in [0.3, 0.4) is 0 Å². The summed E-state index contributed by atoms with van der Waals surface area (Å²) in [6.45, 7) is 8.09. The largest absolute Gasteiger partial charge is 0.467 e. The number of carbonyl (C=O) groups excluding carboxylic acids is 2. The van der Waals surface area contributed by atoms with Crippen LogP contribution in [0, 0.1) is 17.8 Å². The fourth-order valence-corrected chi connectivity index (χ4v) is 5.63. The van der Waals surface area contributed by atoms with Gasteiger partial charge in [0.15, 0.2) is 6.10 Å². The Morgan fingerprint density at radius 2 is 1.82 bits per heavy atom. The second kappa shape index (κ2) is 10.6. The number of esters is 1. The van der Waals surface area contributed by atoms with Crippen LogP contribution in [-0.2, 0) is 19.1 Å². The third kappa shape index (κ3) is 6.19. The molecule has 0 radical (unpaired) electrons. The van der Waals surface area contributed by atoms with E-state index in [1.54, 1.807) is 4.90 Å². The Bertz CT molecular complexity index is 725. The summed E-state index contributed by atoms with van der Waals surface area (Å²) in [4.78, 5) is 31.6. The van der Waals surface area contributed by atoms with Crippen molar-refractivity contribution in [2.24, 2.45) is 17.8 Å². The van der Waals surface area contributed by atoms with E-state index in [4.69, 9.17) is 9.57 Å². The molecule has 6 unspecified atom stereocenters. The zero-order valence-corrected chi connectivity index (χ0v) is 20.8. The van der Waals surface area contributed by atoms with Crippen LogP contribution in [0.5, 0.6) is 0 Å². The van der Waals surface area contributed by atoms with Gasteiger partial charge in [-0.25, -0.2) is 14.6 Å². The third-order valence-corrected chi connectivity index (χ3v) is 7.46. The molecule has 3 heterocycles. The number of β-amino-alcohol motifs (C(OH)–C–C–N with tert-alkyl or cyclic N) is 1. The fraction of sp³-hybridized carbons (Fsp3) is 0.913. The molecule has 0 aromatic heterocycles. The van der Waals surface area contributed by atoms with Gasteiger partial charge in [-0.3, -0.25) is 15.6 Å². The number of aliphatic hydroxyl groups is 1. The van der Waals surface area contributed by atoms with Gasteiger partial charge >= 0.3 is 12.1 Å². The monoisotopic (exact) mass is 483 g/mol. The number of hydrogen-bond acceptors (Lipinski definition) is 10. The molecule has 4 aliphatic rings. The molecule has 1 aliphatic carbocycles. The maximum atomic E-state index is 12.3. The van der Waals surface area contributed by atoms with E-state index in [2.05, 4.69) is 21.0 Å². The van der Waals surface area contributed by atoms with Crippen LogP contribution >= 0.6 is 0 Å². The molecular formula is C23H41N5O6. The summed E-state index contributed by atoms with van der Waals surface area (Å²) in [6.07, 6.45) is 3.56. The lowest BCUT2D eigenvalue weighted by Gasteiger charge is -2.36. The number of ether oxygens (including phenoxy) is 2. The summed E-state index contributed by atoms with van der Waals surface area (Å²) < 4.78 is 10.1. The highest BCUT2D eigenvalue weighted by atomic mass is 16.7. The number of methoxy groups -OCH3 is 1. The predicted molar refractivity (Wildman–Crippen MR) is 123 cm³/mol. The fourth-order valence-electron chi connectivity index (χ4n) is 5.63. The number of nitrogens with one attached hydrogen (secondary N) is 3. The summed E-state index contributed by atoms with van der Waals surface area (Å²) >= 11 is 0. The Morgan fingerprint density at radius 1 is 1.12 bits per heavy atom. The highest BCUT2D eigenvalue weighted by Crippen LogP contribution is 2.36. The van der Waals surface area contributed by atoms with Crippen molar-refractivity contribution >= 4 is 12.1 Å². The van der Waals surface area contributed by atoms with Crippen LogP contribution in [-0.4, -0.2) is 90.5 Å². The maximum Gasteiger partial charge on any atom is 0.410 e. The van der Waals surface area contributed by atoms with Crippen LogP contribution in [0.15, 0.2) is 0 Å². The summed E-state index contributed by atoms with van der Waals surface area (Å²) in [7, 11) is 1.29. The lowest BCUT2D eigenvalue weighted by molar-refractivity contribution is -0.151. The highest BCUT2D eigenvalue weighted by Gasteiger charge is 2.44. The first-order valence-electron chi connectivity index (χ1n) is 12.5. The van der Waals surface area contributed by atoms with Crippen molar-refractivity contribution in [3.05, 3.63) is 0 Å². The lowest BCUT2D eigenvalue weighted by atomic mass is 9.78. The smallest absolute Gasteiger partial charge is 0.410 e. The highest BCUT2D eigenvalue weighted by molar-refractivity contribution is 5.74. The standard InChI is InChI=1S/C23H41N5O6/c1-23(2,3)33-22(31)27-9-7-14(8-10-27)19-24-20(34-26-19)15-5-6-16-12-28(25-17(16)11-15)13-18(29)21(30)32-4/h14-20,24-26,29H,5-13H2,1-4H3. The average Bonchev–Trinajstić information content (AvgIpc) is 3.43. The molecule has 0 bridgehead atoms. The molecule has 0 spiro atoms. The van der Waals surface area contributed by atoms with Crippen molar-refractivity contribution in [3.8, 4) is 0 Å². The topological polar surface area (TPSA) is 125 Å². The number of hydrogen-bond donors (Lipinski definition) is 4. The second-order valence-electron chi connectivity index (χ2n) is 11.1. The molecule has 34 heavy (non-hydrogen) atoms. The molecule has 4 rings (SSSR count). The van der Waals surface area contributed by atoms with Gasteiger partial charge in [0.1, 0.15) is 11.8 Å². The Kier molecular flexibility index (Phi) is 8.00. The summed E-state index contributed by atoms with van der Waals surface area (Å²) in [5.41, 5.74) is 6.21. The molecule has 0 aromatic carbocycles. The molecule has 1 saturated carbocycles. The van der Waals surface area contributed by atoms with Gasteiger partial charge in [-0.1, -0.05) is 0 Å². The number of hydrazine groups is 1. The van der Waals surface area contributed by atoms with E-state index in [1.165, 1.54) is 7.11 Å². The number of hydroxylamine groups is 1. The average molecular weight is 484 g/mol. The van der Waals surface area contributed by atoms with Crippen molar-refractivity contribution in [2.45, 2.75) is 83.0 Å². The first-order valence-corrected chi connectivity index (χ1v) is 12.5. The van der Waals surface area contributed by atoms with E-state index < -0.39 is 17.7 Å². The van der Waals surface area contributed by atoms with E-state index in [-0.39, 0.29) is 25.0 Å². The number of piperidine rings is 1. The summed E-state index contributed by atoms with van der Waals surface area (Å²) in [6, 6.07) is 0.310. The number of carbonyl (C=O) groups is 2. The molecule has 6 atom stereocenters. The molecule has 0 aromatic rings. The van der Waals surface area contributed by atoms with Crippen LogP contribution < -0.4 is 16.2 Å². The van der Waals surface area contributed by atoms with E-state index in [9.17, 15) is 14.7 Å². The first-order chi connectivity index (χ1) is 16.1. The van der Waals surface area contributed by atoms with Crippen molar-refractivity contribution < 1.29 is 29.0 Å². The summed E-state index contributed by atoms with van der Waals surface area (Å²) in [5, 5.41) is 15.6. The summed E-state index contributed by atoms with van der Waals surface area (Å²) in [5.74, 6) is 0.661. The van der Waals surface area contributed by atoms with Crippen LogP contribution in [0.2, 0.25) is 0 Å². The number of fused-ring (bicyclic) bond motifs is 1. The Labute approximate surface area is 201 Å². The molecular weight excluding hydrogens is 442 g/mol. The molecule has 3 aliphatic heterocycles. The Hall–Kier alpha value is -1.50. The minimum absolute atomic E-state index is 0.0497. The van der Waals surface area contributed by atoms with Gasteiger partial charge in [0.25, 0.3) is 0 Å². The van der Waals surface area contributed by atoms with Crippen molar-refractivity contribution in [1.29, 1.82) is 0 Å². The molecule has 4 fully saturated rings. The van der Waals surface area contributed by atoms with Gasteiger partial charge < -0.3 is 19.5 Å². The van der Waals surface area contributed by atoms with Crippen LogP contribution in [0.4, 0.5) is 4.79 Å². The number of amides is 1. The van der Waals surface area contributed by atoms with Crippen molar-refractivity contribution in [3.63, 3.8) is 0 Å². The van der Waals surface area contributed by atoms with E-state index in [0.717, 1.165) is 38.6 Å². The minimum atomic E-state index is -1.14. The first kappa shape index (κ1) is 25.6. The van der Waals surface area contributed by atoms with Gasteiger partial charge in [-0.15, -0.1) is 0 Å². The molecule has 194 valence electrons. The van der Waals surface area contributed by atoms with E-state index >= 15 is 0 Å². The van der Waals surface area contributed by atoms with Crippen molar-refractivity contribution in [2.75, 3.05) is 33.3 Å². The second-order valence-corrected chi connectivity index (χ2v) is 11.1. The zero-order chi connectivity index (χ0) is 24.5. The number of aliphatic hydroxyl groups excluding tert-OH is 1. The minimum Gasteiger partial charge on any atom is -0.467 e. The van der Waals surface area contributed by atoms with E-state index in [1.807, 2.05) is 25.8 Å². The molecule has 1 amide bonds. The number of likely N-dealkylation sites (tertiary alicyclic amines) is 1. The number of rotatable bonds is 5.